The third-order valence-electron chi connectivity index (χ3n) is 3.20. The molecule has 0 aliphatic heterocycles. The van der Waals surface area contributed by atoms with Crippen molar-refractivity contribution in [1.82, 2.24) is 4.72 Å². The normalized spacial score (nSPS) is 17.8. The molecule has 1 fully saturated rings. The molecule has 3 nitrogen and oxygen atoms in total. The summed E-state index contributed by atoms with van der Waals surface area (Å²) in [4.78, 5) is 0. The Hall–Kier alpha value is -0.580. The van der Waals surface area contributed by atoms with E-state index in [4.69, 9.17) is 11.6 Å². The summed E-state index contributed by atoms with van der Waals surface area (Å²) in [5, 5.41) is 0.570. The molecular weight excluding hydrogens is 270 g/mol. The van der Waals surface area contributed by atoms with Gasteiger partial charge in [-0.05, 0) is 30.5 Å². The van der Waals surface area contributed by atoms with Gasteiger partial charge in [0.2, 0.25) is 10.0 Å². The average molecular weight is 288 g/mol. The molecular formula is C13H18ClNO2S. The van der Waals surface area contributed by atoms with E-state index in [1.165, 1.54) is 6.42 Å². The lowest BCUT2D eigenvalue weighted by Crippen LogP contribution is -2.36. The van der Waals surface area contributed by atoms with E-state index in [1.54, 1.807) is 24.3 Å². The molecule has 5 heteroatoms. The van der Waals surface area contributed by atoms with Gasteiger partial charge in [-0.2, -0.15) is 0 Å². The molecule has 0 radical (unpaired) electrons. The van der Waals surface area contributed by atoms with E-state index >= 15 is 0 Å². The molecule has 0 bridgehead atoms. The van der Waals surface area contributed by atoms with Crippen LogP contribution in [0.4, 0.5) is 0 Å². The average Bonchev–Trinajstić information content (AvgIpc) is 2.28. The molecule has 0 heterocycles. The van der Waals surface area contributed by atoms with E-state index in [0.29, 0.717) is 5.02 Å². The molecule has 0 aromatic heterocycles. The predicted octanol–water partition coefficient (Wildman–Crippen LogP) is 3.09. The van der Waals surface area contributed by atoms with Gasteiger partial charge in [0.05, 0.1) is 5.75 Å². The van der Waals surface area contributed by atoms with E-state index in [1.807, 2.05) is 0 Å². The zero-order valence-corrected chi connectivity index (χ0v) is 11.8. The van der Waals surface area contributed by atoms with Crippen molar-refractivity contribution < 1.29 is 8.42 Å². The summed E-state index contributed by atoms with van der Waals surface area (Å²) in [5.74, 6) is 0.00403. The van der Waals surface area contributed by atoms with E-state index in [9.17, 15) is 8.42 Å². The monoisotopic (exact) mass is 287 g/mol. The fraction of sp³-hybridized carbons (Fsp3) is 0.538. The van der Waals surface area contributed by atoms with Gasteiger partial charge in [-0.25, -0.2) is 13.1 Å². The second-order valence-corrected chi connectivity index (χ2v) is 7.03. The van der Waals surface area contributed by atoms with Crippen molar-refractivity contribution in [2.75, 3.05) is 0 Å². The Morgan fingerprint density at radius 3 is 2.61 bits per heavy atom. The number of sulfonamides is 1. The number of nitrogens with one attached hydrogen (secondary N) is 1. The largest absolute Gasteiger partial charge is 0.216 e. The first-order valence-electron chi connectivity index (χ1n) is 6.30. The minimum absolute atomic E-state index is 0.00403. The van der Waals surface area contributed by atoms with Gasteiger partial charge in [0, 0.05) is 11.1 Å². The summed E-state index contributed by atoms with van der Waals surface area (Å²) >= 11 is 5.85. The van der Waals surface area contributed by atoms with Crippen LogP contribution in [0.2, 0.25) is 5.02 Å². The highest BCUT2D eigenvalue weighted by atomic mass is 35.5. The van der Waals surface area contributed by atoms with E-state index in [2.05, 4.69) is 4.72 Å². The van der Waals surface area contributed by atoms with Gasteiger partial charge >= 0.3 is 0 Å². The third kappa shape index (κ3) is 4.26. The molecule has 1 aliphatic carbocycles. The molecule has 0 amide bonds. The van der Waals surface area contributed by atoms with Crippen molar-refractivity contribution in [2.24, 2.45) is 0 Å². The lowest BCUT2D eigenvalue weighted by molar-refractivity contribution is 0.412. The number of hydrogen-bond donors (Lipinski definition) is 1. The highest BCUT2D eigenvalue weighted by Crippen LogP contribution is 2.19. The first kappa shape index (κ1) is 13.8. The summed E-state index contributed by atoms with van der Waals surface area (Å²) in [7, 11) is -3.26. The number of benzene rings is 1. The lowest BCUT2D eigenvalue weighted by atomic mass is 9.96. The SMILES string of the molecule is O=S(=O)(Cc1cccc(Cl)c1)NC1CCCCC1. The van der Waals surface area contributed by atoms with Gasteiger partial charge in [0.1, 0.15) is 0 Å². The highest BCUT2D eigenvalue weighted by molar-refractivity contribution is 7.88. The van der Waals surface area contributed by atoms with Crippen molar-refractivity contribution >= 4 is 21.6 Å². The van der Waals surface area contributed by atoms with Gasteiger partial charge in [-0.3, -0.25) is 0 Å². The van der Waals surface area contributed by atoms with E-state index in [-0.39, 0.29) is 11.8 Å². The molecule has 1 N–H and O–H groups in total. The van der Waals surface area contributed by atoms with Crippen molar-refractivity contribution in [1.29, 1.82) is 0 Å². The van der Waals surface area contributed by atoms with Gasteiger partial charge < -0.3 is 0 Å². The minimum Gasteiger partial charge on any atom is -0.212 e. The molecule has 100 valence electrons. The van der Waals surface area contributed by atoms with Gasteiger partial charge in [-0.1, -0.05) is 43.0 Å². The Balaban J connectivity index is 1.98. The van der Waals surface area contributed by atoms with Crippen LogP contribution < -0.4 is 4.72 Å². The fourth-order valence-electron chi connectivity index (χ4n) is 2.36. The predicted molar refractivity (Wildman–Crippen MR) is 74.1 cm³/mol. The first-order chi connectivity index (χ1) is 8.55. The van der Waals surface area contributed by atoms with Crippen molar-refractivity contribution in [3.63, 3.8) is 0 Å². The second kappa shape index (κ2) is 6.04. The first-order valence-corrected chi connectivity index (χ1v) is 8.33. The van der Waals surface area contributed by atoms with Gasteiger partial charge in [0.25, 0.3) is 0 Å². The molecule has 0 atom stereocenters. The lowest BCUT2D eigenvalue weighted by Gasteiger charge is -2.22. The Bertz CT molecular complexity index is 495. The molecule has 0 unspecified atom stereocenters. The van der Waals surface area contributed by atoms with Crippen LogP contribution in [-0.2, 0) is 15.8 Å². The maximum atomic E-state index is 12.0. The summed E-state index contributed by atoms with van der Waals surface area (Å²) in [6, 6.07) is 7.11. The standard InChI is InChI=1S/C13H18ClNO2S/c14-12-6-4-5-11(9-12)10-18(16,17)15-13-7-2-1-3-8-13/h4-6,9,13,15H,1-3,7-8,10H2. The molecule has 1 aliphatic rings. The Kier molecular flexibility index (Phi) is 4.65. The highest BCUT2D eigenvalue weighted by Gasteiger charge is 2.20. The second-order valence-electron chi connectivity index (χ2n) is 4.84. The smallest absolute Gasteiger partial charge is 0.212 e. The number of rotatable bonds is 4. The fourth-order valence-corrected chi connectivity index (χ4v) is 4.02. The van der Waals surface area contributed by atoms with Crippen LogP contribution in [0.1, 0.15) is 37.7 Å². The summed E-state index contributed by atoms with van der Waals surface area (Å²) < 4.78 is 26.8. The molecule has 0 saturated heterocycles. The van der Waals surface area contributed by atoms with E-state index < -0.39 is 10.0 Å². The minimum atomic E-state index is -3.26. The molecule has 1 aromatic rings. The van der Waals surface area contributed by atoms with Crippen LogP contribution in [-0.4, -0.2) is 14.5 Å². The maximum absolute atomic E-state index is 12.0. The summed E-state index contributed by atoms with van der Waals surface area (Å²) in [6.07, 6.45) is 5.35. The van der Waals surface area contributed by atoms with Crippen molar-refractivity contribution in [3.05, 3.63) is 34.9 Å². The van der Waals surface area contributed by atoms with Crippen molar-refractivity contribution in [2.45, 2.75) is 43.9 Å². The van der Waals surface area contributed by atoms with Crippen LogP contribution in [0, 0.1) is 0 Å². The summed E-state index contributed by atoms with van der Waals surface area (Å²) in [6.45, 7) is 0. The van der Waals surface area contributed by atoms with Gasteiger partial charge in [-0.15, -0.1) is 0 Å². The van der Waals surface area contributed by atoms with Crippen LogP contribution in [0.3, 0.4) is 0 Å². The Morgan fingerprint density at radius 1 is 1.22 bits per heavy atom. The summed E-state index contributed by atoms with van der Waals surface area (Å²) in [5.41, 5.74) is 0.728. The topological polar surface area (TPSA) is 46.2 Å². The van der Waals surface area contributed by atoms with Crippen LogP contribution in [0.25, 0.3) is 0 Å². The van der Waals surface area contributed by atoms with Crippen LogP contribution >= 0.6 is 11.6 Å². The van der Waals surface area contributed by atoms with Crippen LogP contribution in [0.5, 0.6) is 0 Å². The van der Waals surface area contributed by atoms with E-state index in [0.717, 1.165) is 31.2 Å². The zero-order valence-electron chi connectivity index (χ0n) is 10.2. The molecule has 1 saturated carbocycles. The molecule has 2 rings (SSSR count). The molecule has 18 heavy (non-hydrogen) atoms. The number of hydrogen-bond acceptors (Lipinski definition) is 2. The molecule has 0 spiro atoms. The zero-order chi connectivity index (χ0) is 13.0. The van der Waals surface area contributed by atoms with Crippen molar-refractivity contribution in [3.8, 4) is 0 Å². The Labute approximate surface area is 114 Å². The number of halogens is 1. The third-order valence-corrected chi connectivity index (χ3v) is 4.84. The van der Waals surface area contributed by atoms with Crippen LogP contribution in [0.15, 0.2) is 24.3 Å². The quantitative estimate of drug-likeness (QED) is 0.925. The maximum Gasteiger partial charge on any atom is 0.216 e. The molecule has 1 aromatic carbocycles. The Morgan fingerprint density at radius 2 is 1.94 bits per heavy atom. The van der Waals surface area contributed by atoms with Gasteiger partial charge in [0.15, 0.2) is 0 Å².